The van der Waals surface area contributed by atoms with Crippen molar-refractivity contribution in [2.45, 2.75) is 26.4 Å². The number of rotatable bonds is 4. The summed E-state index contributed by atoms with van der Waals surface area (Å²) >= 11 is 1.75. The predicted octanol–water partition coefficient (Wildman–Crippen LogP) is 3.85. The van der Waals surface area contributed by atoms with Gasteiger partial charge >= 0.3 is 0 Å². The average Bonchev–Trinajstić information content (AvgIpc) is 2.89. The van der Waals surface area contributed by atoms with E-state index in [9.17, 15) is 0 Å². The number of hydrogen-bond acceptors (Lipinski definition) is 4. The van der Waals surface area contributed by atoms with Crippen LogP contribution in [0.15, 0.2) is 42.5 Å². The van der Waals surface area contributed by atoms with Gasteiger partial charge in [-0.1, -0.05) is 18.2 Å². The monoisotopic (exact) mass is 283 g/mol. The summed E-state index contributed by atoms with van der Waals surface area (Å²) in [6.07, 6.45) is 0. The third-order valence-electron chi connectivity index (χ3n) is 3.22. The molecule has 1 N–H and O–H groups in total. The summed E-state index contributed by atoms with van der Waals surface area (Å²) < 4.78 is 1.24. The van der Waals surface area contributed by atoms with Gasteiger partial charge in [0.1, 0.15) is 5.01 Å². The van der Waals surface area contributed by atoms with Crippen molar-refractivity contribution in [2.75, 3.05) is 0 Å². The molecule has 3 aromatic rings. The van der Waals surface area contributed by atoms with Crippen molar-refractivity contribution in [1.82, 2.24) is 15.3 Å². The Morgan fingerprint density at radius 3 is 2.75 bits per heavy atom. The van der Waals surface area contributed by atoms with Gasteiger partial charge in [0.25, 0.3) is 0 Å². The Labute approximate surface area is 122 Å². The molecule has 0 aliphatic carbocycles. The zero-order valence-corrected chi connectivity index (χ0v) is 12.4. The van der Waals surface area contributed by atoms with Crippen LogP contribution in [-0.4, -0.2) is 9.97 Å². The van der Waals surface area contributed by atoms with Crippen molar-refractivity contribution in [3.63, 3.8) is 0 Å². The molecule has 0 bridgehead atoms. The second-order valence-corrected chi connectivity index (χ2v) is 5.95. The summed E-state index contributed by atoms with van der Waals surface area (Å²) in [6.45, 7) is 4.92. The molecule has 3 rings (SSSR count). The van der Waals surface area contributed by atoms with E-state index in [1.807, 2.05) is 31.2 Å². The maximum absolute atomic E-state index is 4.68. The van der Waals surface area contributed by atoms with Gasteiger partial charge in [-0.3, -0.25) is 4.98 Å². The molecule has 2 aromatic heterocycles. The average molecular weight is 283 g/mol. The molecule has 0 saturated heterocycles. The van der Waals surface area contributed by atoms with Crippen molar-refractivity contribution in [2.24, 2.45) is 0 Å². The molecule has 2 heterocycles. The molecule has 4 heteroatoms. The summed E-state index contributed by atoms with van der Waals surface area (Å²) in [7, 11) is 0. The van der Waals surface area contributed by atoms with E-state index in [4.69, 9.17) is 0 Å². The summed E-state index contributed by atoms with van der Waals surface area (Å²) in [4.78, 5) is 9.18. The van der Waals surface area contributed by atoms with Crippen LogP contribution in [0.25, 0.3) is 10.2 Å². The van der Waals surface area contributed by atoms with Gasteiger partial charge in [0.15, 0.2) is 0 Å². The van der Waals surface area contributed by atoms with Crippen molar-refractivity contribution < 1.29 is 0 Å². The fourth-order valence-electron chi connectivity index (χ4n) is 2.12. The number of fused-ring (bicyclic) bond motifs is 1. The zero-order valence-electron chi connectivity index (χ0n) is 11.6. The molecule has 102 valence electrons. The largest absolute Gasteiger partial charge is 0.302 e. The predicted molar refractivity (Wildman–Crippen MR) is 83.8 cm³/mol. The van der Waals surface area contributed by atoms with Crippen LogP contribution in [0.2, 0.25) is 0 Å². The van der Waals surface area contributed by atoms with Gasteiger partial charge in [0.2, 0.25) is 0 Å². The van der Waals surface area contributed by atoms with Crippen LogP contribution >= 0.6 is 11.3 Å². The van der Waals surface area contributed by atoms with Crippen molar-refractivity contribution in [3.8, 4) is 0 Å². The Bertz CT molecular complexity index is 687. The highest BCUT2D eigenvalue weighted by molar-refractivity contribution is 7.18. The van der Waals surface area contributed by atoms with E-state index < -0.39 is 0 Å². The van der Waals surface area contributed by atoms with Crippen LogP contribution in [0.3, 0.4) is 0 Å². The van der Waals surface area contributed by atoms with Crippen LogP contribution in [-0.2, 0) is 6.54 Å². The van der Waals surface area contributed by atoms with Gasteiger partial charge in [0, 0.05) is 12.2 Å². The molecule has 0 saturated carbocycles. The van der Waals surface area contributed by atoms with E-state index in [2.05, 4.69) is 40.4 Å². The molecular weight excluding hydrogens is 266 g/mol. The van der Waals surface area contributed by atoms with Gasteiger partial charge < -0.3 is 5.32 Å². The Morgan fingerprint density at radius 2 is 1.95 bits per heavy atom. The topological polar surface area (TPSA) is 37.8 Å². The Balaban J connectivity index is 1.71. The molecule has 1 aromatic carbocycles. The van der Waals surface area contributed by atoms with E-state index in [1.54, 1.807) is 11.3 Å². The first-order valence-corrected chi connectivity index (χ1v) is 7.55. The molecule has 1 unspecified atom stereocenters. The highest BCUT2D eigenvalue weighted by Gasteiger charge is 2.11. The fourth-order valence-corrected chi connectivity index (χ4v) is 3.11. The number of thiazole rings is 1. The zero-order chi connectivity index (χ0) is 13.9. The third kappa shape index (κ3) is 2.86. The number of aromatic nitrogens is 2. The molecule has 0 amide bonds. The molecular formula is C16H17N3S. The summed E-state index contributed by atoms with van der Waals surface area (Å²) in [5.41, 5.74) is 3.20. The molecule has 0 aliphatic rings. The number of pyridine rings is 1. The maximum atomic E-state index is 4.68. The van der Waals surface area contributed by atoms with Crippen LogP contribution < -0.4 is 5.32 Å². The summed E-state index contributed by atoms with van der Waals surface area (Å²) in [5.74, 6) is 0. The molecule has 1 atom stereocenters. The van der Waals surface area contributed by atoms with Crippen molar-refractivity contribution in [3.05, 3.63) is 58.9 Å². The Morgan fingerprint density at radius 1 is 1.10 bits per heavy atom. The lowest BCUT2D eigenvalue weighted by Crippen LogP contribution is -2.18. The van der Waals surface area contributed by atoms with Crippen molar-refractivity contribution in [1.29, 1.82) is 0 Å². The summed E-state index contributed by atoms with van der Waals surface area (Å²) in [6, 6.07) is 14.6. The third-order valence-corrected chi connectivity index (χ3v) is 4.44. The SMILES string of the molecule is Cc1cccc(CNC(C)c2nc3ccccc3s2)n1. The maximum Gasteiger partial charge on any atom is 0.111 e. The lowest BCUT2D eigenvalue weighted by atomic mass is 10.3. The molecule has 0 aliphatic heterocycles. The molecule has 0 fully saturated rings. The van der Waals surface area contributed by atoms with E-state index in [0.717, 1.165) is 28.5 Å². The smallest absolute Gasteiger partial charge is 0.111 e. The quantitative estimate of drug-likeness (QED) is 0.790. The first-order chi connectivity index (χ1) is 9.72. The fraction of sp³-hybridized carbons (Fsp3) is 0.250. The number of hydrogen-bond donors (Lipinski definition) is 1. The summed E-state index contributed by atoms with van der Waals surface area (Å²) in [5, 5.41) is 4.61. The molecule has 3 nitrogen and oxygen atoms in total. The lowest BCUT2D eigenvalue weighted by Gasteiger charge is -2.10. The van der Waals surface area contributed by atoms with Crippen LogP contribution in [0.4, 0.5) is 0 Å². The minimum Gasteiger partial charge on any atom is -0.302 e. The van der Waals surface area contributed by atoms with Gasteiger partial charge in [-0.25, -0.2) is 4.98 Å². The lowest BCUT2D eigenvalue weighted by molar-refractivity contribution is 0.565. The van der Waals surface area contributed by atoms with Gasteiger partial charge in [-0.05, 0) is 38.1 Å². The number of nitrogens with zero attached hydrogens (tertiary/aromatic N) is 2. The number of benzene rings is 1. The first kappa shape index (κ1) is 13.2. The van der Waals surface area contributed by atoms with E-state index in [0.29, 0.717) is 0 Å². The van der Waals surface area contributed by atoms with Gasteiger partial charge in [-0.15, -0.1) is 11.3 Å². The molecule has 0 radical (unpaired) electrons. The normalized spacial score (nSPS) is 12.7. The van der Waals surface area contributed by atoms with Crippen LogP contribution in [0.5, 0.6) is 0 Å². The highest BCUT2D eigenvalue weighted by atomic mass is 32.1. The van der Waals surface area contributed by atoms with E-state index in [1.165, 1.54) is 4.70 Å². The van der Waals surface area contributed by atoms with Crippen molar-refractivity contribution >= 4 is 21.6 Å². The van der Waals surface area contributed by atoms with Crippen LogP contribution in [0, 0.1) is 6.92 Å². The first-order valence-electron chi connectivity index (χ1n) is 6.74. The standard InChI is InChI=1S/C16H17N3S/c1-11-6-5-7-13(18-11)10-17-12(2)16-19-14-8-3-4-9-15(14)20-16/h3-9,12,17H,10H2,1-2H3. The number of aryl methyl sites for hydroxylation is 1. The van der Waals surface area contributed by atoms with E-state index in [-0.39, 0.29) is 6.04 Å². The Hall–Kier alpha value is -1.78. The Kier molecular flexibility index (Phi) is 3.76. The van der Waals surface area contributed by atoms with Gasteiger partial charge in [0.05, 0.1) is 22.0 Å². The molecule has 20 heavy (non-hydrogen) atoms. The number of nitrogens with one attached hydrogen (secondary N) is 1. The second-order valence-electron chi connectivity index (χ2n) is 4.89. The minimum atomic E-state index is 0.231. The van der Waals surface area contributed by atoms with Crippen LogP contribution in [0.1, 0.15) is 29.4 Å². The second kappa shape index (κ2) is 5.69. The highest BCUT2D eigenvalue weighted by Crippen LogP contribution is 2.26. The van der Waals surface area contributed by atoms with E-state index >= 15 is 0 Å². The van der Waals surface area contributed by atoms with Gasteiger partial charge in [-0.2, -0.15) is 0 Å². The number of para-hydroxylation sites is 1. The molecule has 0 spiro atoms. The minimum absolute atomic E-state index is 0.231.